The Kier molecular flexibility index (Phi) is 6.30. The molecular formula is C20H26N4O2. The first-order chi connectivity index (χ1) is 12.8. The van der Waals surface area contributed by atoms with Crippen LogP contribution in [0.4, 0.5) is 0 Å². The Balaban J connectivity index is 1.51. The lowest BCUT2D eigenvalue weighted by Gasteiger charge is -2.34. The lowest BCUT2D eigenvalue weighted by atomic mass is 10.1. The number of aromatic nitrogens is 1. The summed E-state index contributed by atoms with van der Waals surface area (Å²) in [6.45, 7) is 2.47. The van der Waals surface area contributed by atoms with Crippen molar-refractivity contribution < 1.29 is 9.47 Å². The third kappa shape index (κ3) is 4.65. The molecule has 2 aromatic rings. The van der Waals surface area contributed by atoms with Gasteiger partial charge in [0.05, 0.1) is 7.11 Å². The Bertz CT molecular complexity index is 713. The molecule has 6 heteroatoms. The van der Waals surface area contributed by atoms with Crippen molar-refractivity contribution >= 4 is 5.96 Å². The highest BCUT2D eigenvalue weighted by Gasteiger charge is 2.22. The smallest absolute Gasteiger partial charge is 0.218 e. The first-order valence-electron chi connectivity index (χ1n) is 8.95. The zero-order valence-electron chi connectivity index (χ0n) is 15.4. The molecule has 1 aromatic heterocycles. The summed E-state index contributed by atoms with van der Waals surface area (Å²) in [5.74, 6) is 2.48. The highest BCUT2D eigenvalue weighted by molar-refractivity contribution is 5.80. The molecule has 1 aliphatic rings. The van der Waals surface area contributed by atoms with Crippen LogP contribution in [0.25, 0.3) is 0 Å². The van der Waals surface area contributed by atoms with Gasteiger partial charge in [0.25, 0.3) is 0 Å². The predicted molar refractivity (Wildman–Crippen MR) is 103 cm³/mol. The van der Waals surface area contributed by atoms with Crippen LogP contribution < -0.4 is 14.8 Å². The van der Waals surface area contributed by atoms with Gasteiger partial charge in [-0.25, -0.2) is 4.98 Å². The van der Waals surface area contributed by atoms with Crippen LogP contribution in [0.15, 0.2) is 53.7 Å². The molecule has 26 heavy (non-hydrogen) atoms. The lowest BCUT2D eigenvalue weighted by Crippen LogP contribution is -2.47. The quantitative estimate of drug-likeness (QED) is 0.661. The topological polar surface area (TPSA) is 59.0 Å². The van der Waals surface area contributed by atoms with Crippen LogP contribution in [0.1, 0.15) is 18.4 Å². The molecule has 1 aromatic carbocycles. The first kappa shape index (κ1) is 18.0. The maximum atomic E-state index is 6.06. The van der Waals surface area contributed by atoms with Crippen LogP contribution in [-0.2, 0) is 6.54 Å². The van der Waals surface area contributed by atoms with Crippen molar-refractivity contribution in [2.75, 3.05) is 27.2 Å². The molecule has 1 aliphatic heterocycles. The van der Waals surface area contributed by atoms with E-state index in [1.54, 1.807) is 13.3 Å². The van der Waals surface area contributed by atoms with Crippen molar-refractivity contribution in [2.45, 2.75) is 25.5 Å². The fourth-order valence-electron chi connectivity index (χ4n) is 3.13. The van der Waals surface area contributed by atoms with Gasteiger partial charge in [-0.2, -0.15) is 0 Å². The Hall–Kier alpha value is -2.76. The summed E-state index contributed by atoms with van der Waals surface area (Å²) in [5, 5.41) is 3.41. The molecule has 1 N–H and O–H groups in total. The number of benzene rings is 1. The summed E-state index contributed by atoms with van der Waals surface area (Å²) in [6.07, 6.45) is 3.94. The molecule has 2 heterocycles. The monoisotopic (exact) mass is 354 g/mol. The van der Waals surface area contributed by atoms with Crippen LogP contribution in [0.2, 0.25) is 0 Å². The normalized spacial score (nSPS) is 15.6. The van der Waals surface area contributed by atoms with Gasteiger partial charge in [0.15, 0.2) is 5.96 Å². The molecule has 0 atom stereocenters. The van der Waals surface area contributed by atoms with E-state index in [1.165, 1.54) is 0 Å². The van der Waals surface area contributed by atoms with Crippen LogP contribution in [-0.4, -0.2) is 49.2 Å². The number of likely N-dealkylation sites (tertiary alicyclic amines) is 1. The van der Waals surface area contributed by atoms with Gasteiger partial charge in [0.1, 0.15) is 11.9 Å². The molecule has 0 spiro atoms. The third-order valence-corrected chi connectivity index (χ3v) is 4.48. The van der Waals surface area contributed by atoms with Crippen LogP contribution in [0, 0.1) is 0 Å². The first-order valence-corrected chi connectivity index (χ1v) is 8.95. The van der Waals surface area contributed by atoms with E-state index in [0.29, 0.717) is 12.4 Å². The van der Waals surface area contributed by atoms with Crippen LogP contribution >= 0.6 is 0 Å². The number of hydrogen-bond acceptors (Lipinski definition) is 4. The van der Waals surface area contributed by atoms with Gasteiger partial charge in [-0.1, -0.05) is 24.3 Å². The largest absolute Gasteiger partial charge is 0.490 e. The molecular weight excluding hydrogens is 328 g/mol. The van der Waals surface area contributed by atoms with Gasteiger partial charge < -0.3 is 19.7 Å². The maximum absolute atomic E-state index is 6.06. The van der Waals surface area contributed by atoms with E-state index in [0.717, 1.165) is 43.2 Å². The number of guanidine groups is 1. The average molecular weight is 354 g/mol. The van der Waals surface area contributed by atoms with Crippen LogP contribution in [0.5, 0.6) is 11.6 Å². The highest BCUT2D eigenvalue weighted by Crippen LogP contribution is 2.19. The van der Waals surface area contributed by atoms with E-state index in [1.807, 2.05) is 49.5 Å². The summed E-state index contributed by atoms with van der Waals surface area (Å²) in [4.78, 5) is 10.9. The van der Waals surface area contributed by atoms with Gasteiger partial charge in [0, 0.05) is 51.3 Å². The number of nitrogens with one attached hydrogen (secondary N) is 1. The number of aliphatic imine (C=N–C) groups is 1. The number of pyridine rings is 1. The van der Waals surface area contributed by atoms with Crippen LogP contribution in [0.3, 0.4) is 0 Å². The second-order valence-electron chi connectivity index (χ2n) is 6.19. The Morgan fingerprint density at radius 2 is 1.96 bits per heavy atom. The molecule has 0 bridgehead atoms. The van der Waals surface area contributed by atoms with E-state index < -0.39 is 0 Å². The van der Waals surface area contributed by atoms with Gasteiger partial charge in [-0.05, 0) is 18.2 Å². The number of hydrogen-bond donors (Lipinski definition) is 1. The predicted octanol–water partition coefficient (Wildman–Crippen LogP) is 2.71. The summed E-state index contributed by atoms with van der Waals surface area (Å²) >= 11 is 0. The maximum Gasteiger partial charge on any atom is 0.218 e. The fraction of sp³-hybridized carbons (Fsp3) is 0.400. The van der Waals surface area contributed by atoms with E-state index in [9.17, 15) is 0 Å². The van der Waals surface area contributed by atoms with Crippen molar-refractivity contribution in [2.24, 2.45) is 4.99 Å². The molecule has 0 saturated carbocycles. The molecule has 0 radical (unpaired) electrons. The second kappa shape index (κ2) is 9.08. The Morgan fingerprint density at radius 1 is 1.19 bits per heavy atom. The minimum absolute atomic E-state index is 0.255. The number of ether oxygens (including phenoxy) is 2. The minimum atomic E-state index is 0.255. The molecule has 0 unspecified atom stereocenters. The molecule has 6 nitrogen and oxygen atoms in total. The molecule has 1 fully saturated rings. The summed E-state index contributed by atoms with van der Waals surface area (Å²) in [5.41, 5.74) is 1.01. The number of para-hydroxylation sites is 1. The fourth-order valence-corrected chi connectivity index (χ4v) is 3.13. The number of nitrogens with zero attached hydrogens (tertiary/aromatic N) is 3. The number of piperidine rings is 1. The Morgan fingerprint density at radius 3 is 2.65 bits per heavy atom. The Labute approximate surface area is 154 Å². The van der Waals surface area contributed by atoms with Gasteiger partial charge in [-0.15, -0.1) is 0 Å². The number of methoxy groups -OCH3 is 1. The van der Waals surface area contributed by atoms with E-state index in [4.69, 9.17) is 9.47 Å². The molecule has 0 amide bonds. The van der Waals surface area contributed by atoms with Gasteiger partial charge in [0.2, 0.25) is 5.88 Å². The van der Waals surface area contributed by atoms with Crippen molar-refractivity contribution in [3.8, 4) is 11.6 Å². The van der Waals surface area contributed by atoms with Crippen molar-refractivity contribution in [1.29, 1.82) is 0 Å². The third-order valence-electron chi connectivity index (χ3n) is 4.48. The van der Waals surface area contributed by atoms with Crippen molar-refractivity contribution in [3.05, 3.63) is 54.2 Å². The summed E-state index contributed by atoms with van der Waals surface area (Å²) < 4.78 is 11.4. The highest BCUT2D eigenvalue weighted by atomic mass is 16.5. The second-order valence-corrected chi connectivity index (χ2v) is 6.19. The minimum Gasteiger partial charge on any atom is -0.490 e. The summed E-state index contributed by atoms with van der Waals surface area (Å²) in [7, 11) is 3.45. The van der Waals surface area contributed by atoms with E-state index in [2.05, 4.69) is 20.2 Å². The molecule has 3 rings (SSSR count). The number of rotatable bonds is 5. The average Bonchev–Trinajstić information content (AvgIpc) is 2.70. The zero-order chi connectivity index (χ0) is 18.2. The van der Waals surface area contributed by atoms with Crippen molar-refractivity contribution in [3.63, 3.8) is 0 Å². The standard InChI is InChI=1S/C20H26N4O2/c1-21-20(23-15-16-7-6-12-22-19(16)25-2)24-13-10-18(11-14-24)26-17-8-4-3-5-9-17/h3-9,12,18H,10-11,13-15H2,1-2H3,(H,21,23). The lowest BCUT2D eigenvalue weighted by molar-refractivity contribution is 0.129. The SMILES string of the molecule is CN=C(NCc1cccnc1OC)N1CCC(Oc2ccccc2)CC1. The summed E-state index contributed by atoms with van der Waals surface area (Å²) in [6, 6.07) is 13.9. The van der Waals surface area contributed by atoms with E-state index >= 15 is 0 Å². The van der Waals surface area contributed by atoms with Gasteiger partial charge in [-0.3, -0.25) is 4.99 Å². The molecule has 138 valence electrons. The zero-order valence-corrected chi connectivity index (χ0v) is 15.4. The molecule has 1 saturated heterocycles. The van der Waals surface area contributed by atoms with E-state index in [-0.39, 0.29) is 6.10 Å². The van der Waals surface area contributed by atoms with Gasteiger partial charge >= 0.3 is 0 Å². The van der Waals surface area contributed by atoms with Crippen molar-refractivity contribution in [1.82, 2.24) is 15.2 Å². The molecule has 0 aliphatic carbocycles.